The summed E-state index contributed by atoms with van der Waals surface area (Å²) in [5, 5.41) is 11.9. The van der Waals surface area contributed by atoms with Crippen LogP contribution in [0.5, 0.6) is 0 Å². The first-order valence-electron chi connectivity index (χ1n) is 4.19. The smallest absolute Gasteiger partial charge is 0.103 e. The molecule has 3 heteroatoms. The van der Waals surface area contributed by atoms with Crippen molar-refractivity contribution in [2.24, 2.45) is 0 Å². The largest absolute Gasteiger partial charge is 0.368 e. The Labute approximate surface area is 83.8 Å². The van der Waals surface area contributed by atoms with E-state index in [1.165, 1.54) is 6.20 Å². The van der Waals surface area contributed by atoms with E-state index in [4.69, 9.17) is 11.7 Å². The van der Waals surface area contributed by atoms with E-state index in [0.717, 1.165) is 0 Å². The van der Waals surface area contributed by atoms with Gasteiger partial charge in [0.2, 0.25) is 0 Å². The molecule has 0 saturated carbocycles. The fourth-order valence-corrected chi connectivity index (χ4v) is 0.965. The van der Waals surface area contributed by atoms with Crippen LogP contribution in [-0.2, 0) is 0 Å². The highest BCUT2D eigenvalue weighted by Crippen LogP contribution is 2.17. The lowest BCUT2D eigenvalue weighted by atomic mass is 10.1. The van der Waals surface area contributed by atoms with Crippen molar-refractivity contribution in [3.8, 4) is 18.4 Å². The number of aromatic nitrogens is 1. The molecule has 70 valence electrons. The van der Waals surface area contributed by atoms with Crippen LogP contribution in [0.4, 0.5) is 5.69 Å². The third kappa shape index (κ3) is 2.24. The van der Waals surface area contributed by atoms with E-state index in [-0.39, 0.29) is 0 Å². The second-order valence-corrected chi connectivity index (χ2v) is 3.43. The number of pyridine rings is 1. The SMILES string of the molecule is C#CC(C)(C)Nc1ccncc1C#N. The zero-order valence-electron chi connectivity index (χ0n) is 8.20. The highest BCUT2D eigenvalue weighted by molar-refractivity contribution is 5.58. The van der Waals surface area contributed by atoms with Crippen LogP contribution in [0.3, 0.4) is 0 Å². The Hall–Kier alpha value is -2.00. The molecule has 0 aliphatic heterocycles. The van der Waals surface area contributed by atoms with Crippen molar-refractivity contribution in [3.63, 3.8) is 0 Å². The van der Waals surface area contributed by atoms with Crippen LogP contribution in [0.25, 0.3) is 0 Å². The summed E-state index contributed by atoms with van der Waals surface area (Å²) in [6.07, 6.45) is 8.46. The molecule has 0 aliphatic carbocycles. The molecular weight excluding hydrogens is 174 g/mol. The summed E-state index contributed by atoms with van der Waals surface area (Å²) in [6, 6.07) is 3.78. The molecule has 1 heterocycles. The summed E-state index contributed by atoms with van der Waals surface area (Å²) < 4.78 is 0. The quantitative estimate of drug-likeness (QED) is 0.714. The van der Waals surface area contributed by atoms with Gasteiger partial charge in [-0.05, 0) is 19.9 Å². The number of terminal acetylenes is 1. The summed E-state index contributed by atoms with van der Waals surface area (Å²) in [6.45, 7) is 3.74. The molecule has 0 aromatic carbocycles. The predicted molar refractivity (Wildman–Crippen MR) is 55.5 cm³/mol. The lowest BCUT2D eigenvalue weighted by Gasteiger charge is -2.21. The standard InChI is InChI=1S/C11H11N3/c1-4-11(2,3)14-10-5-6-13-8-9(10)7-12/h1,5-6,8H,2-3H3,(H,13,14). The van der Waals surface area contributed by atoms with Crippen LogP contribution in [0.15, 0.2) is 18.5 Å². The Morgan fingerprint density at radius 1 is 1.57 bits per heavy atom. The van der Waals surface area contributed by atoms with E-state index in [0.29, 0.717) is 11.3 Å². The lowest BCUT2D eigenvalue weighted by molar-refractivity contribution is 0.741. The molecule has 1 aromatic heterocycles. The molecule has 0 bridgehead atoms. The number of nitriles is 1. The van der Waals surface area contributed by atoms with Crippen molar-refractivity contribution in [2.45, 2.75) is 19.4 Å². The fourth-order valence-electron chi connectivity index (χ4n) is 0.965. The minimum atomic E-state index is -0.465. The predicted octanol–water partition coefficient (Wildman–Crippen LogP) is 1.78. The molecular formula is C11H11N3. The van der Waals surface area contributed by atoms with Gasteiger partial charge in [0, 0.05) is 12.4 Å². The zero-order chi connectivity index (χ0) is 10.6. The number of nitrogens with one attached hydrogen (secondary N) is 1. The summed E-state index contributed by atoms with van der Waals surface area (Å²) in [4.78, 5) is 3.86. The van der Waals surface area contributed by atoms with Crippen molar-refractivity contribution in [3.05, 3.63) is 24.0 Å². The minimum Gasteiger partial charge on any atom is -0.368 e. The number of nitrogens with zero attached hydrogens (tertiary/aromatic N) is 2. The Balaban J connectivity index is 3.00. The fraction of sp³-hybridized carbons (Fsp3) is 0.273. The molecule has 0 fully saturated rings. The molecule has 0 aliphatic rings. The Kier molecular flexibility index (Phi) is 2.74. The van der Waals surface area contributed by atoms with Gasteiger partial charge in [-0.1, -0.05) is 5.92 Å². The third-order valence-corrected chi connectivity index (χ3v) is 1.75. The minimum absolute atomic E-state index is 0.465. The van der Waals surface area contributed by atoms with Crippen LogP contribution in [0.2, 0.25) is 0 Å². The van der Waals surface area contributed by atoms with Gasteiger partial charge in [-0.15, -0.1) is 6.42 Å². The maximum Gasteiger partial charge on any atom is 0.103 e. The van der Waals surface area contributed by atoms with Crippen molar-refractivity contribution in [2.75, 3.05) is 5.32 Å². The van der Waals surface area contributed by atoms with E-state index >= 15 is 0 Å². The van der Waals surface area contributed by atoms with Crippen LogP contribution in [0, 0.1) is 23.7 Å². The maximum absolute atomic E-state index is 8.81. The zero-order valence-corrected chi connectivity index (χ0v) is 8.20. The third-order valence-electron chi connectivity index (χ3n) is 1.75. The summed E-state index contributed by atoms with van der Waals surface area (Å²) >= 11 is 0. The molecule has 1 aromatic rings. The molecule has 0 radical (unpaired) electrons. The van der Waals surface area contributed by atoms with E-state index in [2.05, 4.69) is 16.2 Å². The first-order chi connectivity index (χ1) is 6.59. The van der Waals surface area contributed by atoms with Gasteiger partial charge in [-0.2, -0.15) is 5.26 Å². The first kappa shape index (κ1) is 10.1. The average Bonchev–Trinajstić information content (AvgIpc) is 2.18. The molecule has 3 nitrogen and oxygen atoms in total. The Morgan fingerprint density at radius 3 is 2.86 bits per heavy atom. The number of hydrogen-bond donors (Lipinski definition) is 1. The van der Waals surface area contributed by atoms with E-state index in [1.807, 2.05) is 19.9 Å². The molecule has 14 heavy (non-hydrogen) atoms. The monoisotopic (exact) mass is 185 g/mol. The number of rotatable bonds is 2. The highest BCUT2D eigenvalue weighted by atomic mass is 15.0. The van der Waals surface area contributed by atoms with Gasteiger partial charge in [0.1, 0.15) is 6.07 Å². The summed E-state index contributed by atoms with van der Waals surface area (Å²) in [5.74, 6) is 2.60. The maximum atomic E-state index is 8.81. The topological polar surface area (TPSA) is 48.7 Å². The van der Waals surface area contributed by atoms with Gasteiger partial charge in [0.25, 0.3) is 0 Å². The summed E-state index contributed by atoms with van der Waals surface area (Å²) in [5.41, 5.74) is 0.744. The van der Waals surface area contributed by atoms with Crippen LogP contribution >= 0.6 is 0 Å². The molecule has 1 N–H and O–H groups in total. The van der Waals surface area contributed by atoms with Gasteiger partial charge < -0.3 is 5.32 Å². The molecule has 0 unspecified atom stereocenters. The van der Waals surface area contributed by atoms with Gasteiger partial charge in [-0.3, -0.25) is 4.98 Å². The molecule has 1 rings (SSSR count). The van der Waals surface area contributed by atoms with E-state index in [1.54, 1.807) is 12.3 Å². The van der Waals surface area contributed by atoms with Crippen LogP contribution in [-0.4, -0.2) is 10.5 Å². The second kappa shape index (κ2) is 3.81. The molecule has 0 spiro atoms. The van der Waals surface area contributed by atoms with Crippen molar-refractivity contribution >= 4 is 5.69 Å². The van der Waals surface area contributed by atoms with Gasteiger partial charge in [-0.25, -0.2) is 0 Å². The normalized spacial score (nSPS) is 10.0. The first-order valence-corrected chi connectivity index (χ1v) is 4.19. The lowest BCUT2D eigenvalue weighted by Crippen LogP contribution is -2.28. The van der Waals surface area contributed by atoms with E-state index in [9.17, 15) is 0 Å². The van der Waals surface area contributed by atoms with Gasteiger partial charge >= 0.3 is 0 Å². The highest BCUT2D eigenvalue weighted by Gasteiger charge is 2.14. The second-order valence-electron chi connectivity index (χ2n) is 3.43. The van der Waals surface area contributed by atoms with E-state index < -0.39 is 5.54 Å². The molecule has 0 amide bonds. The van der Waals surface area contributed by atoms with Crippen molar-refractivity contribution in [1.29, 1.82) is 5.26 Å². The van der Waals surface area contributed by atoms with Gasteiger partial charge in [0.15, 0.2) is 0 Å². The van der Waals surface area contributed by atoms with Crippen LogP contribution in [0.1, 0.15) is 19.4 Å². The van der Waals surface area contributed by atoms with Crippen LogP contribution < -0.4 is 5.32 Å². The number of anilines is 1. The van der Waals surface area contributed by atoms with Crippen molar-refractivity contribution < 1.29 is 0 Å². The average molecular weight is 185 g/mol. The summed E-state index contributed by atoms with van der Waals surface area (Å²) in [7, 11) is 0. The Morgan fingerprint density at radius 2 is 2.29 bits per heavy atom. The molecule has 0 saturated heterocycles. The number of hydrogen-bond acceptors (Lipinski definition) is 3. The molecule has 0 atom stereocenters. The van der Waals surface area contributed by atoms with Crippen molar-refractivity contribution in [1.82, 2.24) is 4.98 Å². The Bertz CT molecular complexity index is 407. The van der Waals surface area contributed by atoms with Gasteiger partial charge in [0.05, 0.1) is 16.8 Å².